The highest BCUT2D eigenvalue weighted by Crippen LogP contribution is 2.33. The highest BCUT2D eigenvalue weighted by Gasteiger charge is 2.30. The van der Waals surface area contributed by atoms with Crippen molar-refractivity contribution in [1.82, 2.24) is 9.97 Å². The molecule has 0 aliphatic heterocycles. The number of aromatic nitrogens is 2. The summed E-state index contributed by atoms with van der Waals surface area (Å²) in [6.07, 6.45) is -2.99. The van der Waals surface area contributed by atoms with E-state index in [1.807, 2.05) is 18.2 Å². The summed E-state index contributed by atoms with van der Waals surface area (Å²) in [6.45, 7) is 1.89. The van der Waals surface area contributed by atoms with Gasteiger partial charge in [-0.2, -0.15) is 23.4 Å². The summed E-state index contributed by atoms with van der Waals surface area (Å²) in [5.41, 5.74) is 1.63. The number of oxazole rings is 1. The SMILES string of the molecule is COc1ccc(COc2cc(Nc3nc(C)c(-c4ccc(C(F)(F)F)cc4)o3)cnc2C#N)cc1. The lowest BCUT2D eigenvalue weighted by Crippen LogP contribution is -2.03. The molecule has 0 saturated heterocycles. The number of benzene rings is 2. The summed E-state index contributed by atoms with van der Waals surface area (Å²) in [4.78, 5) is 8.40. The van der Waals surface area contributed by atoms with E-state index >= 15 is 0 Å². The molecule has 35 heavy (non-hydrogen) atoms. The summed E-state index contributed by atoms with van der Waals surface area (Å²) in [5.74, 6) is 1.31. The van der Waals surface area contributed by atoms with Crippen molar-refractivity contribution >= 4 is 11.7 Å². The second-order valence-electron chi connectivity index (χ2n) is 7.45. The molecule has 0 aliphatic carbocycles. The van der Waals surface area contributed by atoms with Crippen LogP contribution in [0.5, 0.6) is 11.5 Å². The molecular weight excluding hydrogens is 461 g/mol. The molecule has 0 aliphatic rings. The first-order valence-corrected chi connectivity index (χ1v) is 10.3. The molecule has 0 unspecified atom stereocenters. The molecule has 10 heteroatoms. The maximum atomic E-state index is 12.8. The predicted octanol–water partition coefficient (Wildman–Crippen LogP) is 6.27. The van der Waals surface area contributed by atoms with Crippen LogP contribution in [0.1, 0.15) is 22.5 Å². The van der Waals surface area contributed by atoms with Crippen LogP contribution in [0.2, 0.25) is 0 Å². The number of nitrogens with one attached hydrogen (secondary N) is 1. The fourth-order valence-corrected chi connectivity index (χ4v) is 3.24. The van der Waals surface area contributed by atoms with Gasteiger partial charge in [0.2, 0.25) is 0 Å². The number of rotatable bonds is 7. The van der Waals surface area contributed by atoms with E-state index in [1.165, 1.54) is 18.3 Å². The van der Waals surface area contributed by atoms with Crippen LogP contribution >= 0.6 is 0 Å². The Kier molecular flexibility index (Phi) is 6.59. The largest absolute Gasteiger partial charge is 0.497 e. The van der Waals surface area contributed by atoms with E-state index in [1.54, 1.807) is 32.2 Å². The first kappa shape index (κ1) is 23.6. The van der Waals surface area contributed by atoms with Crippen molar-refractivity contribution in [3.8, 4) is 28.9 Å². The molecule has 2 aromatic carbocycles. The number of halogens is 3. The van der Waals surface area contributed by atoms with Gasteiger partial charge < -0.3 is 19.2 Å². The van der Waals surface area contributed by atoms with Crippen LogP contribution < -0.4 is 14.8 Å². The third kappa shape index (κ3) is 5.52. The first-order chi connectivity index (χ1) is 16.8. The molecule has 1 N–H and O–H groups in total. The van der Waals surface area contributed by atoms with Crippen molar-refractivity contribution in [1.29, 1.82) is 5.26 Å². The Bertz CT molecular complexity index is 1360. The molecule has 0 saturated carbocycles. The molecule has 4 rings (SSSR count). The van der Waals surface area contributed by atoms with Crippen LogP contribution in [-0.4, -0.2) is 17.1 Å². The summed E-state index contributed by atoms with van der Waals surface area (Å²) in [6, 6.07) is 15.6. The van der Waals surface area contributed by atoms with Gasteiger partial charge in [-0.15, -0.1) is 0 Å². The van der Waals surface area contributed by atoms with Crippen LogP contribution in [0.3, 0.4) is 0 Å². The molecular formula is C25H19F3N4O3. The van der Waals surface area contributed by atoms with Crippen molar-refractivity contribution in [3.63, 3.8) is 0 Å². The molecule has 178 valence electrons. The fraction of sp³-hybridized carbons (Fsp3) is 0.160. The average molecular weight is 480 g/mol. The van der Waals surface area contributed by atoms with Crippen LogP contribution in [0.15, 0.2) is 65.2 Å². The Morgan fingerprint density at radius 3 is 2.43 bits per heavy atom. The molecule has 0 radical (unpaired) electrons. The van der Waals surface area contributed by atoms with E-state index in [-0.39, 0.29) is 24.1 Å². The van der Waals surface area contributed by atoms with Crippen molar-refractivity contribution in [2.75, 3.05) is 12.4 Å². The van der Waals surface area contributed by atoms with E-state index in [9.17, 15) is 18.4 Å². The normalized spacial score (nSPS) is 11.1. The molecule has 7 nitrogen and oxygen atoms in total. The molecule has 2 aromatic heterocycles. The van der Waals surface area contributed by atoms with Gasteiger partial charge in [0.15, 0.2) is 17.2 Å². The zero-order chi connectivity index (χ0) is 25.0. The summed E-state index contributed by atoms with van der Waals surface area (Å²) < 4.78 is 55.1. The van der Waals surface area contributed by atoms with Gasteiger partial charge >= 0.3 is 6.18 Å². The molecule has 0 atom stereocenters. The van der Waals surface area contributed by atoms with Gasteiger partial charge in [0.25, 0.3) is 6.01 Å². The van der Waals surface area contributed by atoms with Gasteiger partial charge in [-0.05, 0) is 36.8 Å². The highest BCUT2D eigenvalue weighted by molar-refractivity contribution is 5.63. The Balaban J connectivity index is 1.50. The van der Waals surface area contributed by atoms with Gasteiger partial charge in [0.05, 0.1) is 30.3 Å². The second kappa shape index (κ2) is 9.77. The lowest BCUT2D eigenvalue weighted by atomic mass is 10.1. The number of nitriles is 1. The second-order valence-corrected chi connectivity index (χ2v) is 7.45. The molecule has 2 heterocycles. The van der Waals surface area contributed by atoms with Gasteiger partial charge in [0.1, 0.15) is 18.4 Å². The van der Waals surface area contributed by atoms with Crippen LogP contribution in [0, 0.1) is 18.3 Å². The highest BCUT2D eigenvalue weighted by atomic mass is 19.4. The molecule has 0 spiro atoms. The first-order valence-electron chi connectivity index (χ1n) is 10.3. The third-order valence-electron chi connectivity index (χ3n) is 5.03. The summed E-state index contributed by atoms with van der Waals surface area (Å²) in [7, 11) is 1.58. The number of alkyl halides is 3. The molecule has 0 bridgehead atoms. The zero-order valence-electron chi connectivity index (χ0n) is 18.7. The van der Waals surface area contributed by atoms with Crippen LogP contribution in [0.4, 0.5) is 24.9 Å². The van der Waals surface area contributed by atoms with Crippen molar-refractivity contribution in [3.05, 3.63) is 83.3 Å². The third-order valence-corrected chi connectivity index (χ3v) is 5.03. The fourth-order valence-electron chi connectivity index (χ4n) is 3.24. The van der Waals surface area contributed by atoms with Gasteiger partial charge in [-0.3, -0.25) is 0 Å². The number of anilines is 2. The Morgan fingerprint density at radius 2 is 1.80 bits per heavy atom. The standard InChI is InChI=1S/C25H19F3N4O3/c1-15-23(17-5-7-18(8-6-17)25(26,27)28)35-24(31-15)32-19-11-22(21(12-29)30-13-19)34-14-16-3-9-20(33-2)10-4-16/h3-11,13H,14H2,1-2H3,(H,31,32). The number of pyridine rings is 1. The number of hydrogen-bond acceptors (Lipinski definition) is 7. The van der Waals surface area contributed by atoms with Crippen molar-refractivity contribution in [2.24, 2.45) is 0 Å². The molecule has 0 fully saturated rings. The van der Waals surface area contributed by atoms with E-state index in [0.29, 0.717) is 22.7 Å². The van der Waals surface area contributed by atoms with Crippen LogP contribution in [-0.2, 0) is 12.8 Å². The van der Waals surface area contributed by atoms with Crippen LogP contribution in [0.25, 0.3) is 11.3 Å². The number of aryl methyl sites for hydroxylation is 1. The molecule has 4 aromatic rings. The smallest absolute Gasteiger partial charge is 0.416 e. The minimum absolute atomic E-state index is 0.109. The Hall–Kier alpha value is -4.52. The maximum Gasteiger partial charge on any atom is 0.416 e. The van der Waals surface area contributed by atoms with E-state index in [0.717, 1.165) is 23.4 Å². The average Bonchev–Trinajstić information content (AvgIpc) is 3.22. The summed E-state index contributed by atoms with van der Waals surface area (Å²) >= 11 is 0. The topological polar surface area (TPSA) is 93.2 Å². The van der Waals surface area contributed by atoms with Gasteiger partial charge in [-0.25, -0.2) is 4.98 Å². The predicted molar refractivity (Wildman–Crippen MR) is 121 cm³/mol. The minimum atomic E-state index is -4.42. The maximum absolute atomic E-state index is 12.8. The van der Waals surface area contributed by atoms with Crippen molar-refractivity contribution in [2.45, 2.75) is 19.7 Å². The van der Waals surface area contributed by atoms with E-state index in [4.69, 9.17) is 13.9 Å². The van der Waals surface area contributed by atoms with Gasteiger partial charge in [-0.1, -0.05) is 24.3 Å². The quantitative estimate of drug-likeness (QED) is 0.333. The lowest BCUT2D eigenvalue weighted by molar-refractivity contribution is -0.137. The Morgan fingerprint density at radius 1 is 1.09 bits per heavy atom. The minimum Gasteiger partial charge on any atom is -0.497 e. The van der Waals surface area contributed by atoms with Gasteiger partial charge in [0, 0.05) is 11.6 Å². The number of methoxy groups -OCH3 is 1. The monoisotopic (exact) mass is 480 g/mol. The molecule has 0 amide bonds. The summed E-state index contributed by atoms with van der Waals surface area (Å²) in [5, 5.41) is 12.3. The van der Waals surface area contributed by atoms with E-state index in [2.05, 4.69) is 15.3 Å². The number of nitrogens with zero attached hydrogens (tertiary/aromatic N) is 3. The van der Waals surface area contributed by atoms with E-state index < -0.39 is 11.7 Å². The number of ether oxygens (including phenoxy) is 2. The zero-order valence-corrected chi connectivity index (χ0v) is 18.7. The van der Waals surface area contributed by atoms with Crippen molar-refractivity contribution < 1.29 is 27.1 Å². The number of hydrogen-bond donors (Lipinski definition) is 1. The Labute approximate surface area is 198 Å². The lowest BCUT2D eigenvalue weighted by Gasteiger charge is -2.10.